The average molecular weight is 224 g/mol. The number of ether oxygens (including phenoxy) is 1. The molecule has 1 aliphatic heterocycles. The Morgan fingerprint density at radius 2 is 2.06 bits per heavy atom. The molecule has 1 fully saturated rings. The lowest BCUT2D eigenvalue weighted by Crippen LogP contribution is -2.12. The molecule has 1 heterocycles. The molecular formula is C15H28O. The second kappa shape index (κ2) is 5.25. The van der Waals surface area contributed by atoms with Crippen LogP contribution in [0.5, 0.6) is 0 Å². The van der Waals surface area contributed by atoms with Crippen LogP contribution in [0, 0.1) is 17.3 Å². The second-order valence-electron chi connectivity index (χ2n) is 6.77. The first kappa shape index (κ1) is 13.6. The van der Waals surface area contributed by atoms with E-state index in [9.17, 15) is 0 Å². The van der Waals surface area contributed by atoms with Gasteiger partial charge in [-0.05, 0) is 43.9 Å². The molecule has 1 nitrogen and oxygen atoms in total. The van der Waals surface area contributed by atoms with Gasteiger partial charge in [-0.3, -0.25) is 0 Å². The van der Waals surface area contributed by atoms with E-state index in [1.807, 2.05) is 0 Å². The van der Waals surface area contributed by atoms with Crippen LogP contribution in [0.3, 0.4) is 0 Å². The lowest BCUT2D eigenvalue weighted by molar-refractivity contribution is 0.177. The monoisotopic (exact) mass is 224 g/mol. The molecule has 0 bridgehead atoms. The van der Waals surface area contributed by atoms with Crippen molar-refractivity contribution in [3.8, 4) is 0 Å². The molecule has 0 amide bonds. The molecule has 0 aromatic heterocycles. The van der Waals surface area contributed by atoms with Gasteiger partial charge in [-0.25, -0.2) is 0 Å². The minimum Gasteiger partial charge on any atom is -0.495 e. The molecule has 0 aliphatic carbocycles. The third-order valence-corrected chi connectivity index (χ3v) is 3.39. The average Bonchev–Trinajstić information content (AvgIpc) is 2.38. The summed E-state index contributed by atoms with van der Waals surface area (Å²) >= 11 is 0. The smallest absolute Gasteiger partial charge is 0.0961 e. The summed E-state index contributed by atoms with van der Waals surface area (Å²) in [5.74, 6) is 2.44. The summed E-state index contributed by atoms with van der Waals surface area (Å²) in [4.78, 5) is 0. The predicted octanol–water partition coefficient (Wildman–Crippen LogP) is 4.78. The summed E-state index contributed by atoms with van der Waals surface area (Å²) in [6.45, 7) is 15.5. The van der Waals surface area contributed by atoms with Crippen molar-refractivity contribution in [1.82, 2.24) is 0 Å². The van der Waals surface area contributed by atoms with Crippen molar-refractivity contribution in [3.63, 3.8) is 0 Å². The van der Waals surface area contributed by atoms with Gasteiger partial charge in [-0.15, -0.1) is 0 Å². The van der Waals surface area contributed by atoms with Gasteiger partial charge in [-0.2, -0.15) is 0 Å². The van der Waals surface area contributed by atoms with E-state index in [0.29, 0.717) is 17.4 Å². The quantitative estimate of drug-likeness (QED) is 0.668. The van der Waals surface area contributed by atoms with Crippen molar-refractivity contribution in [1.29, 1.82) is 0 Å². The molecule has 0 spiro atoms. The Bertz CT molecular complexity index is 236. The highest BCUT2D eigenvalue weighted by Crippen LogP contribution is 2.34. The molecule has 0 N–H and O–H groups in total. The van der Waals surface area contributed by atoms with Crippen LogP contribution < -0.4 is 0 Å². The highest BCUT2D eigenvalue weighted by atomic mass is 16.5. The van der Waals surface area contributed by atoms with Crippen LogP contribution in [-0.4, -0.2) is 6.10 Å². The molecule has 1 heteroatoms. The van der Waals surface area contributed by atoms with E-state index in [1.165, 1.54) is 25.7 Å². The van der Waals surface area contributed by atoms with Gasteiger partial charge in [0.05, 0.1) is 11.9 Å². The zero-order valence-electron chi connectivity index (χ0n) is 11.7. The first-order chi connectivity index (χ1) is 7.28. The largest absolute Gasteiger partial charge is 0.495 e. The van der Waals surface area contributed by atoms with Gasteiger partial charge in [0.1, 0.15) is 0 Å². The van der Waals surface area contributed by atoms with Crippen LogP contribution >= 0.6 is 0 Å². The fourth-order valence-electron chi connectivity index (χ4n) is 2.85. The van der Waals surface area contributed by atoms with Crippen LogP contribution in [0.15, 0.2) is 12.3 Å². The standard InChI is InChI=1S/C15H28O/c1-11(10-15(4,5)6)7-8-14-9-12(2)16-13(14)3/h11-12,14H,3,7-10H2,1-2,4-6H3/t11-,12?,14+/m0/s1. The van der Waals surface area contributed by atoms with E-state index < -0.39 is 0 Å². The van der Waals surface area contributed by atoms with Crippen molar-refractivity contribution in [2.45, 2.75) is 66.4 Å². The van der Waals surface area contributed by atoms with Crippen LogP contribution in [0.25, 0.3) is 0 Å². The highest BCUT2D eigenvalue weighted by Gasteiger charge is 2.27. The van der Waals surface area contributed by atoms with Crippen LogP contribution in [0.2, 0.25) is 0 Å². The first-order valence-corrected chi connectivity index (χ1v) is 6.63. The summed E-state index contributed by atoms with van der Waals surface area (Å²) in [5.41, 5.74) is 0.454. The molecule has 1 unspecified atom stereocenters. The molecule has 16 heavy (non-hydrogen) atoms. The van der Waals surface area contributed by atoms with Crippen molar-refractivity contribution in [3.05, 3.63) is 12.3 Å². The maximum Gasteiger partial charge on any atom is 0.0961 e. The Labute approximate surface area is 101 Å². The predicted molar refractivity (Wildman–Crippen MR) is 70.3 cm³/mol. The Balaban J connectivity index is 2.27. The van der Waals surface area contributed by atoms with E-state index in [2.05, 4.69) is 41.2 Å². The van der Waals surface area contributed by atoms with Gasteiger partial charge in [0.2, 0.25) is 0 Å². The van der Waals surface area contributed by atoms with E-state index in [-0.39, 0.29) is 0 Å². The SMILES string of the molecule is C=C1OC(C)C[C@H]1CC[C@H](C)CC(C)(C)C. The second-order valence-corrected chi connectivity index (χ2v) is 6.77. The van der Waals surface area contributed by atoms with E-state index >= 15 is 0 Å². The normalized spacial score (nSPS) is 27.9. The molecule has 0 radical (unpaired) electrons. The van der Waals surface area contributed by atoms with Crippen LogP contribution in [0.1, 0.15) is 60.3 Å². The van der Waals surface area contributed by atoms with E-state index in [1.54, 1.807) is 0 Å². The fraction of sp³-hybridized carbons (Fsp3) is 0.867. The molecule has 0 aromatic carbocycles. The maximum atomic E-state index is 5.61. The Morgan fingerprint density at radius 3 is 2.50 bits per heavy atom. The summed E-state index contributed by atoms with van der Waals surface area (Å²) in [6, 6.07) is 0. The highest BCUT2D eigenvalue weighted by molar-refractivity contribution is 4.98. The van der Waals surface area contributed by atoms with Crippen molar-refractivity contribution >= 4 is 0 Å². The third-order valence-electron chi connectivity index (χ3n) is 3.39. The fourth-order valence-corrected chi connectivity index (χ4v) is 2.85. The third kappa shape index (κ3) is 4.59. The summed E-state index contributed by atoms with van der Waals surface area (Å²) in [7, 11) is 0. The van der Waals surface area contributed by atoms with Gasteiger partial charge >= 0.3 is 0 Å². The van der Waals surface area contributed by atoms with Crippen molar-refractivity contribution in [2.24, 2.45) is 17.3 Å². The lowest BCUT2D eigenvalue weighted by atomic mass is 9.82. The van der Waals surface area contributed by atoms with E-state index in [4.69, 9.17) is 4.74 Å². The molecule has 3 atom stereocenters. The number of allylic oxidation sites excluding steroid dienone is 1. The maximum absolute atomic E-state index is 5.61. The summed E-state index contributed by atoms with van der Waals surface area (Å²) in [5, 5.41) is 0. The molecule has 1 saturated heterocycles. The summed E-state index contributed by atoms with van der Waals surface area (Å²) in [6.07, 6.45) is 5.41. The molecule has 0 saturated carbocycles. The van der Waals surface area contributed by atoms with Crippen molar-refractivity contribution in [2.75, 3.05) is 0 Å². The number of hydrogen-bond acceptors (Lipinski definition) is 1. The molecule has 1 aliphatic rings. The van der Waals surface area contributed by atoms with Gasteiger partial charge in [-0.1, -0.05) is 34.3 Å². The van der Waals surface area contributed by atoms with Gasteiger partial charge < -0.3 is 4.74 Å². The summed E-state index contributed by atoms with van der Waals surface area (Å²) < 4.78 is 5.61. The van der Waals surface area contributed by atoms with Gasteiger partial charge in [0.25, 0.3) is 0 Å². The van der Waals surface area contributed by atoms with Gasteiger partial charge in [0, 0.05) is 5.92 Å². The molecular weight excluding hydrogens is 196 g/mol. The zero-order valence-corrected chi connectivity index (χ0v) is 11.7. The Hall–Kier alpha value is -0.460. The zero-order chi connectivity index (χ0) is 12.3. The number of hydrogen-bond donors (Lipinski definition) is 0. The Morgan fingerprint density at radius 1 is 1.44 bits per heavy atom. The van der Waals surface area contributed by atoms with Crippen LogP contribution in [0.4, 0.5) is 0 Å². The molecule has 94 valence electrons. The van der Waals surface area contributed by atoms with Gasteiger partial charge in [0.15, 0.2) is 0 Å². The lowest BCUT2D eigenvalue weighted by Gasteiger charge is -2.23. The molecule has 1 rings (SSSR count). The van der Waals surface area contributed by atoms with Crippen LogP contribution in [-0.2, 0) is 4.74 Å². The minimum absolute atomic E-state index is 0.385. The first-order valence-electron chi connectivity index (χ1n) is 6.63. The van der Waals surface area contributed by atoms with E-state index in [0.717, 1.165) is 11.7 Å². The topological polar surface area (TPSA) is 9.23 Å². The molecule has 0 aromatic rings. The van der Waals surface area contributed by atoms with Crippen molar-refractivity contribution < 1.29 is 4.74 Å². The Kier molecular flexibility index (Phi) is 4.46. The minimum atomic E-state index is 0.385. The number of rotatable bonds is 4.